The van der Waals surface area contributed by atoms with Crippen LogP contribution in [0.2, 0.25) is 0 Å². The number of hydrogen-bond donors (Lipinski definition) is 0. The molecule has 0 spiro atoms. The summed E-state index contributed by atoms with van der Waals surface area (Å²) in [6, 6.07) is 0. The highest BCUT2D eigenvalue weighted by atomic mass is 32.1. The van der Waals surface area contributed by atoms with Crippen molar-refractivity contribution in [2.45, 2.75) is 57.8 Å². The van der Waals surface area contributed by atoms with Gasteiger partial charge in [-0.15, -0.1) is 11.3 Å². The first-order valence-corrected chi connectivity index (χ1v) is 9.96. The molecule has 1 atom stereocenters. The Morgan fingerprint density at radius 2 is 2.00 bits per heavy atom. The lowest BCUT2D eigenvalue weighted by Crippen LogP contribution is -2.40. The van der Waals surface area contributed by atoms with Gasteiger partial charge in [-0.05, 0) is 45.7 Å². The smallest absolute Gasteiger partial charge is 0.223 e. The van der Waals surface area contributed by atoms with Gasteiger partial charge in [-0.25, -0.2) is 4.98 Å². The Labute approximate surface area is 143 Å². The fraction of sp³-hybridized carbons (Fsp3) is 0.778. The predicted molar refractivity (Wildman–Crippen MR) is 94.9 cm³/mol. The van der Waals surface area contributed by atoms with E-state index in [1.165, 1.54) is 55.1 Å². The van der Waals surface area contributed by atoms with Gasteiger partial charge in [-0.1, -0.05) is 12.8 Å². The molecule has 1 aromatic rings. The van der Waals surface area contributed by atoms with Crippen LogP contribution < -0.4 is 0 Å². The van der Waals surface area contributed by atoms with Crippen molar-refractivity contribution in [2.24, 2.45) is 0 Å². The number of aromatic nitrogens is 1. The summed E-state index contributed by atoms with van der Waals surface area (Å²) in [5.41, 5.74) is 0. The Kier molecular flexibility index (Phi) is 6.06. The van der Waals surface area contributed by atoms with Crippen molar-refractivity contribution < 1.29 is 4.79 Å². The normalized spacial score (nSPS) is 23.7. The van der Waals surface area contributed by atoms with E-state index in [1.54, 1.807) is 11.3 Å². The lowest BCUT2D eigenvalue weighted by atomic mass is 9.98. The number of carbonyl (C=O) groups excluding carboxylic acids is 1. The second-order valence-corrected chi connectivity index (χ2v) is 8.26. The van der Waals surface area contributed by atoms with E-state index >= 15 is 0 Å². The zero-order chi connectivity index (χ0) is 16.1. The lowest BCUT2D eigenvalue weighted by molar-refractivity contribution is -0.132. The van der Waals surface area contributed by atoms with E-state index in [-0.39, 0.29) is 0 Å². The van der Waals surface area contributed by atoms with Crippen molar-refractivity contribution in [3.05, 3.63) is 16.1 Å². The van der Waals surface area contributed by atoms with E-state index in [0.717, 1.165) is 26.1 Å². The summed E-state index contributed by atoms with van der Waals surface area (Å²) >= 11 is 1.79. The van der Waals surface area contributed by atoms with Gasteiger partial charge in [-0.2, -0.15) is 0 Å². The largest absolute Gasteiger partial charge is 0.342 e. The molecule has 0 saturated carbocycles. The lowest BCUT2D eigenvalue weighted by Gasteiger charge is -2.32. The van der Waals surface area contributed by atoms with Crippen LogP contribution in [-0.2, 0) is 4.79 Å². The molecular formula is C18H29N3OS. The number of likely N-dealkylation sites (tertiary alicyclic amines) is 2. The molecular weight excluding hydrogens is 306 g/mol. The summed E-state index contributed by atoms with van der Waals surface area (Å²) in [5.74, 6) is 0.789. The minimum Gasteiger partial charge on any atom is -0.342 e. The van der Waals surface area contributed by atoms with Crippen LogP contribution in [0.15, 0.2) is 6.20 Å². The molecule has 2 fully saturated rings. The third kappa shape index (κ3) is 4.77. The number of amides is 1. The van der Waals surface area contributed by atoms with E-state index < -0.39 is 0 Å². The van der Waals surface area contributed by atoms with Gasteiger partial charge in [0.1, 0.15) is 0 Å². The minimum absolute atomic E-state index is 0.340. The van der Waals surface area contributed by atoms with Crippen LogP contribution in [0, 0.1) is 6.92 Å². The van der Waals surface area contributed by atoms with Crippen LogP contribution in [0.4, 0.5) is 0 Å². The van der Waals surface area contributed by atoms with Crippen molar-refractivity contribution in [1.82, 2.24) is 14.8 Å². The predicted octanol–water partition coefficient (Wildman–Crippen LogP) is 3.42. The average Bonchev–Trinajstić information content (AvgIpc) is 2.84. The number of thiazole rings is 1. The molecule has 3 rings (SSSR count). The SMILES string of the molecule is Cc1cnc(C2CCCN(C(=O)CCN3CCCCCC3)C2)s1. The van der Waals surface area contributed by atoms with Crippen molar-refractivity contribution in [1.29, 1.82) is 0 Å². The quantitative estimate of drug-likeness (QED) is 0.846. The van der Waals surface area contributed by atoms with Gasteiger partial charge >= 0.3 is 0 Å². The highest BCUT2D eigenvalue weighted by Crippen LogP contribution is 2.30. The standard InChI is InChI=1S/C18H29N3OS/c1-15-13-19-18(23-15)16-7-6-11-21(14-16)17(22)8-12-20-9-4-2-3-5-10-20/h13,16H,2-12,14H2,1H3. The summed E-state index contributed by atoms with van der Waals surface area (Å²) in [4.78, 5) is 23.0. The van der Waals surface area contributed by atoms with Gasteiger partial charge < -0.3 is 9.80 Å². The Balaban J connectivity index is 1.48. The fourth-order valence-electron chi connectivity index (χ4n) is 3.74. The third-order valence-corrected chi connectivity index (χ3v) is 6.18. The maximum atomic E-state index is 12.6. The monoisotopic (exact) mass is 335 g/mol. The highest BCUT2D eigenvalue weighted by Gasteiger charge is 2.26. The molecule has 128 valence electrons. The third-order valence-electron chi connectivity index (χ3n) is 5.10. The van der Waals surface area contributed by atoms with Crippen LogP contribution in [0.1, 0.15) is 60.7 Å². The molecule has 0 N–H and O–H groups in total. The first-order chi connectivity index (χ1) is 11.2. The van der Waals surface area contributed by atoms with Crippen molar-refractivity contribution in [3.63, 3.8) is 0 Å². The van der Waals surface area contributed by atoms with Crippen LogP contribution in [0.25, 0.3) is 0 Å². The second kappa shape index (κ2) is 8.25. The molecule has 1 unspecified atom stereocenters. The van der Waals surface area contributed by atoms with Crippen molar-refractivity contribution >= 4 is 17.2 Å². The van der Waals surface area contributed by atoms with Crippen LogP contribution in [0.3, 0.4) is 0 Å². The number of nitrogens with zero attached hydrogens (tertiary/aromatic N) is 3. The zero-order valence-electron chi connectivity index (χ0n) is 14.3. The number of rotatable bonds is 4. The molecule has 2 aliphatic rings. The van der Waals surface area contributed by atoms with E-state index in [2.05, 4.69) is 21.7 Å². The highest BCUT2D eigenvalue weighted by molar-refractivity contribution is 7.11. The Morgan fingerprint density at radius 1 is 1.22 bits per heavy atom. The summed E-state index contributed by atoms with van der Waals surface area (Å²) in [6.07, 6.45) is 10.2. The molecule has 1 aromatic heterocycles. The summed E-state index contributed by atoms with van der Waals surface area (Å²) in [6.45, 7) is 7.19. The Hall–Kier alpha value is -0.940. The molecule has 23 heavy (non-hydrogen) atoms. The second-order valence-electron chi connectivity index (χ2n) is 6.99. The molecule has 1 amide bonds. The number of hydrogen-bond acceptors (Lipinski definition) is 4. The van der Waals surface area contributed by atoms with Gasteiger partial charge in [0.2, 0.25) is 5.91 Å². The van der Waals surface area contributed by atoms with Gasteiger partial charge in [0.25, 0.3) is 0 Å². The molecule has 3 heterocycles. The van der Waals surface area contributed by atoms with E-state index in [4.69, 9.17) is 0 Å². The molecule has 2 aliphatic heterocycles. The zero-order valence-corrected chi connectivity index (χ0v) is 15.1. The van der Waals surface area contributed by atoms with E-state index in [1.807, 2.05) is 6.20 Å². The molecule has 2 saturated heterocycles. The summed E-state index contributed by atoms with van der Waals surface area (Å²) in [7, 11) is 0. The Bertz CT molecular complexity index is 508. The molecule has 4 nitrogen and oxygen atoms in total. The summed E-state index contributed by atoms with van der Waals surface area (Å²) < 4.78 is 0. The molecule has 0 aliphatic carbocycles. The first-order valence-electron chi connectivity index (χ1n) is 9.15. The maximum Gasteiger partial charge on any atom is 0.223 e. The van der Waals surface area contributed by atoms with Gasteiger partial charge in [0, 0.05) is 43.0 Å². The molecule has 0 radical (unpaired) electrons. The van der Waals surface area contributed by atoms with Gasteiger partial charge in [0.15, 0.2) is 0 Å². The first kappa shape index (κ1) is 16.9. The van der Waals surface area contributed by atoms with Gasteiger partial charge in [-0.3, -0.25) is 4.79 Å². The van der Waals surface area contributed by atoms with Crippen LogP contribution in [-0.4, -0.2) is 53.4 Å². The molecule has 5 heteroatoms. The Morgan fingerprint density at radius 3 is 2.70 bits per heavy atom. The minimum atomic E-state index is 0.340. The van der Waals surface area contributed by atoms with Gasteiger partial charge in [0.05, 0.1) is 5.01 Å². The molecule has 0 bridgehead atoms. The van der Waals surface area contributed by atoms with Crippen molar-refractivity contribution in [2.75, 3.05) is 32.7 Å². The van der Waals surface area contributed by atoms with E-state index in [0.29, 0.717) is 18.2 Å². The molecule has 0 aromatic carbocycles. The van der Waals surface area contributed by atoms with E-state index in [9.17, 15) is 4.79 Å². The number of piperidine rings is 1. The topological polar surface area (TPSA) is 36.4 Å². The average molecular weight is 336 g/mol. The fourth-order valence-corrected chi connectivity index (χ4v) is 4.64. The number of carbonyl (C=O) groups is 1. The maximum absolute atomic E-state index is 12.6. The number of aryl methyl sites for hydroxylation is 1. The summed E-state index contributed by atoms with van der Waals surface area (Å²) in [5, 5.41) is 1.22. The van der Waals surface area contributed by atoms with Crippen LogP contribution >= 0.6 is 11.3 Å². The van der Waals surface area contributed by atoms with Crippen LogP contribution in [0.5, 0.6) is 0 Å². The van der Waals surface area contributed by atoms with Crippen molar-refractivity contribution in [3.8, 4) is 0 Å².